The molecule has 5 nitrogen and oxygen atoms in total. The van der Waals surface area contributed by atoms with Crippen molar-refractivity contribution in [2.45, 2.75) is 13.8 Å². The maximum absolute atomic E-state index is 10.7. The van der Waals surface area contributed by atoms with Crippen LogP contribution < -0.4 is 5.48 Å². The molecule has 12 heavy (non-hydrogen) atoms. The number of carbonyl (C=O) groups is 1. The minimum atomic E-state index is -0.587. The fourth-order valence-electron chi connectivity index (χ4n) is 0.498. The van der Waals surface area contributed by atoms with E-state index in [1.165, 1.54) is 0 Å². The third-order valence-electron chi connectivity index (χ3n) is 0.965. The van der Waals surface area contributed by atoms with Crippen molar-refractivity contribution in [3.8, 4) is 0 Å². The number of ether oxygens (including phenoxy) is 2. The molecule has 0 unspecified atom stereocenters. The Morgan fingerprint density at radius 1 is 1.25 bits per heavy atom. The van der Waals surface area contributed by atoms with E-state index in [0.29, 0.717) is 19.8 Å². The lowest BCUT2D eigenvalue weighted by Crippen LogP contribution is -2.25. The smallest absolute Gasteiger partial charge is 0.431 e. The van der Waals surface area contributed by atoms with E-state index < -0.39 is 6.09 Å². The van der Waals surface area contributed by atoms with E-state index in [2.05, 4.69) is 15.1 Å². The minimum Gasteiger partial charge on any atom is -0.446 e. The molecule has 0 aromatic carbocycles. The molecule has 0 aliphatic heterocycles. The Morgan fingerprint density at radius 2 is 2.00 bits per heavy atom. The fraction of sp³-hybridized carbons (Fsp3) is 0.857. The summed E-state index contributed by atoms with van der Waals surface area (Å²) in [5, 5.41) is 0. The van der Waals surface area contributed by atoms with Gasteiger partial charge in [0.05, 0.1) is 13.2 Å². The standard InChI is InChI=1S/C7H15NO4/c1-3-10-5-6-11-7(9)8-12-4-2/h3-6H2,1-2H3,(H,8,9). The topological polar surface area (TPSA) is 56.8 Å². The summed E-state index contributed by atoms with van der Waals surface area (Å²) in [6.07, 6.45) is -0.587. The number of amides is 1. The highest BCUT2D eigenvalue weighted by molar-refractivity contribution is 5.65. The Morgan fingerprint density at radius 3 is 2.58 bits per heavy atom. The molecule has 1 N–H and O–H groups in total. The molecule has 5 heteroatoms. The second kappa shape index (κ2) is 8.29. The second-order valence-electron chi connectivity index (χ2n) is 1.87. The summed E-state index contributed by atoms with van der Waals surface area (Å²) < 4.78 is 9.59. The van der Waals surface area contributed by atoms with Crippen molar-refractivity contribution in [1.82, 2.24) is 5.48 Å². The van der Waals surface area contributed by atoms with E-state index in [1.807, 2.05) is 6.92 Å². The predicted molar refractivity (Wildman–Crippen MR) is 42.6 cm³/mol. The molecular formula is C7H15NO4. The SMILES string of the molecule is CCOCCOC(=O)NOCC. The minimum absolute atomic E-state index is 0.243. The zero-order chi connectivity index (χ0) is 9.23. The van der Waals surface area contributed by atoms with E-state index in [4.69, 9.17) is 4.74 Å². The van der Waals surface area contributed by atoms with Crippen LogP contribution in [-0.2, 0) is 14.3 Å². The Bertz CT molecular complexity index is 118. The number of rotatable bonds is 6. The summed E-state index contributed by atoms with van der Waals surface area (Å²) in [6, 6.07) is 0. The monoisotopic (exact) mass is 177 g/mol. The summed E-state index contributed by atoms with van der Waals surface area (Å²) in [5.41, 5.74) is 2.09. The van der Waals surface area contributed by atoms with Gasteiger partial charge < -0.3 is 9.47 Å². The van der Waals surface area contributed by atoms with Crippen molar-refractivity contribution >= 4 is 6.09 Å². The van der Waals surface area contributed by atoms with Crippen LogP contribution in [0.25, 0.3) is 0 Å². The van der Waals surface area contributed by atoms with Gasteiger partial charge in [0, 0.05) is 6.61 Å². The first-order chi connectivity index (χ1) is 5.81. The molecule has 0 rings (SSSR count). The summed E-state index contributed by atoms with van der Waals surface area (Å²) in [5.74, 6) is 0. The van der Waals surface area contributed by atoms with E-state index in [-0.39, 0.29) is 6.61 Å². The molecule has 0 aromatic rings. The van der Waals surface area contributed by atoms with Crippen LogP contribution in [0.3, 0.4) is 0 Å². The molecule has 0 radical (unpaired) electrons. The number of hydroxylamine groups is 1. The van der Waals surface area contributed by atoms with Gasteiger partial charge in [0.1, 0.15) is 6.61 Å². The van der Waals surface area contributed by atoms with Crippen LogP contribution in [0.4, 0.5) is 4.79 Å². The average Bonchev–Trinajstić information content (AvgIpc) is 2.09. The lowest BCUT2D eigenvalue weighted by atomic mass is 10.7. The van der Waals surface area contributed by atoms with Gasteiger partial charge in [-0.1, -0.05) is 0 Å². The zero-order valence-electron chi connectivity index (χ0n) is 7.46. The van der Waals surface area contributed by atoms with E-state index in [1.54, 1.807) is 6.92 Å². The molecule has 0 fully saturated rings. The highest BCUT2D eigenvalue weighted by Gasteiger charge is 1.98. The van der Waals surface area contributed by atoms with Gasteiger partial charge in [0.2, 0.25) is 0 Å². The number of hydrogen-bond acceptors (Lipinski definition) is 4. The van der Waals surface area contributed by atoms with Crippen molar-refractivity contribution in [2.75, 3.05) is 26.4 Å². The number of carbonyl (C=O) groups excluding carboxylic acids is 1. The van der Waals surface area contributed by atoms with Crippen molar-refractivity contribution in [2.24, 2.45) is 0 Å². The first-order valence-corrected chi connectivity index (χ1v) is 3.93. The Labute approximate surface area is 71.9 Å². The van der Waals surface area contributed by atoms with Gasteiger partial charge >= 0.3 is 6.09 Å². The molecule has 72 valence electrons. The van der Waals surface area contributed by atoms with Crippen molar-refractivity contribution in [1.29, 1.82) is 0 Å². The molecule has 0 aromatic heterocycles. The van der Waals surface area contributed by atoms with Crippen LogP contribution in [0.15, 0.2) is 0 Å². The highest BCUT2D eigenvalue weighted by atomic mass is 16.7. The average molecular weight is 177 g/mol. The number of nitrogens with one attached hydrogen (secondary N) is 1. The third-order valence-corrected chi connectivity index (χ3v) is 0.965. The Kier molecular flexibility index (Phi) is 7.73. The van der Waals surface area contributed by atoms with Crippen LogP contribution in [-0.4, -0.2) is 32.5 Å². The lowest BCUT2D eigenvalue weighted by molar-refractivity contribution is 0.0216. The summed E-state index contributed by atoms with van der Waals surface area (Å²) in [7, 11) is 0. The van der Waals surface area contributed by atoms with Crippen LogP contribution in [0.5, 0.6) is 0 Å². The normalized spacial score (nSPS) is 9.50. The molecular weight excluding hydrogens is 162 g/mol. The van der Waals surface area contributed by atoms with E-state index in [0.717, 1.165) is 0 Å². The van der Waals surface area contributed by atoms with E-state index >= 15 is 0 Å². The van der Waals surface area contributed by atoms with Gasteiger partial charge in [0.25, 0.3) is 0 Å². The van der Waals surface area contributed by atoms with Crippen molar-refractivity contribution in [3.63, 3.8) is 0 Å². The second-order valence-corrected chi connectivity index (χ2v) is 1.87. The molecule has 1 amide bonds. The molecule has 0 aliphatic rings. The summed E-state index contributed by atoms with van der Waals surface area (Å²) in [4.78, 5) is 15.2. The molecule has 0 atom stereocenters. The third kappa shape index (κ3) is 7.30. The molecule has 0 heterocycles. The fourth-order valence-corrected chi connectivity index (χ4v) is 0.498. The van der Waals surface area contributed by atoms with Crippen LogP contribution in [0, 0.1) is 0 Å². The largest absolute Gasteiger partial charge is 0.446 e. The van der Waals surface area contributed by atoms with E-state index in [9.17, 15) is 4.79 Å². The molecule has 0 bridgehead atoms. The van der Waals surface area contributed by atoms with Gasteiger partial charge in [0.15, 0.2) is 0 Å². The first-order valence-electron chi connectivity index (χ1n) is 3.93. The first kappa shape index (κ1) is 11.2. The maximum atomic E-state index is 10.7. The van der Waals surface area contributed by atoms with Crippen LogP contribution >= 0.6 is 0 Å². The van der Waals surface area contributed by atoms with Crippen molar-refractivity contribution in [3.05, 3.63) is 0 Å². The molecule has 0 aliphatic carbocycles. The van der Waals surface area contributed by atoms with Gasteiger partial charge in [-0.2, -0.15) is 5.48 Å². The van der Waals surface area contributed by atoms with Gasteiger partial charge in [-0.3, -0.25) is 4.84 Å². The molecule has 0 spiro atoms. The van der Waals surface area contributed by atoms with Gasteiger partial charge in [-0.05, 0) is 13.8 Å². The van der Waals surface area contributed by atoms with Crippen LogP contribution in [0.2, 0.25) is 0 Å². The number of hydrogen-bond donors (Lipinski definition) is 1. The zero-order valence-corrected chi connectivity index (χ0v) is 7.46. The van der Waals surface area contributed by atoms with Crippen LogP contribution in [0.1, 0.15) is 13.8 Å². The Hall–Kier alpha value is -0.810. The van der Waals surface area contributed by atoms with Gasteiger partial charge in [-0.15, -0.1) is 0 Å². The quantitative estimate of drug-likeness (QED) is 0.479. The molecule has 0 saturated heterocycles. The lowest BCUT2D eigenvalue weighted by Gasteiger charge is -2.05. The van der Waals surface area contributed by atoms with Crippen molar-refractivity contribution < 1.29 is 19.1 Å². The summed E-state index contributed by atoms with van der Waals surface area (Å²) in [6.45, 7) is 5.33. The van der Waals surface area contributed by atoms with Gasteiger partial charge in [-0.25, -0.2) is 4.79 Å². The molecule has 0 saturated carbocycles. The predicted octanol–water partition coefficient (Wildman–Crippen LogP) is 0.701. The Balaban J connectivity index is 3.08. The summed E-state index contributed by atoms with van der Waals surface area (Å²) >= 11 is 0. The highest BCUT2D eigenvalue weighted by Crippen LogP contribution is 1.80. The maximum Gasteiger partial charge on any atom is 0.431 e.